The lowest BCUT2D eigenvalue weighted by Crippen LogP contribution is -2.32. The maximum Gasteiger partial charge on any atom is 0.226 e. The summed E-state index contributed by atoms with van der Waals surface area (Å²) in [7, 11) is 1.79. The molecule has 0 fully saturated rings. The van der Waals surface area contributed by atoms with Crippen LogP contribution in [0.5, 0.6) is 0 Å². The molecule has 0 unspecified atom stereocenters. The molecule has 1 aromatic rings. The van der Waals surface area contributed by atoms with Crippen molar-refractivity contribution in [2.75, 3.05) is 7.05 Å². The Morgan fingerprint density at radius 3 is 2.82 bits per heavy atom. The zero-order valence-corrected chi connectivity index (χ0v) is 9.79. The van der Waals surface area contributed by atoms with Crippen LogP contribution in [0.4, 0.5) is 4.39 Å². The predicted molar refractivity (Wildman–Crippen MR) is 63.6 cm³/mol. The molecule has 1 aromatic carbocycles. The second-order valence-electron chi connectivity index (χ2n) is 4.65. The first-order valence-corrected chi connectivity index (χ1v) is 5.95. The fourth-order valence-electron chi connectivity index (χ4n) is 2.85. The largest absolute Gasteiger partial charge is 0.319 e. The van der Waals surface area contributed by atoms with Gasteiger partial charge < -0.3 is 4.90 Å². The maximum absolute atomic E-state index is 13.9. The summed E-state index contributed by atoms with van der Waals surface area (Å²) in [6.07, 6.45) is 2.83. The van der Waals surface area contributed by atoms with Gasteiger partial charge in [0.1, 0.15) is 5.82 Å². The van der Waals surface area contributed by atoms with E-state index in [9.17, 15) is 9.18 Å². The molecule has 1 aliphatic heterocycles. The molecule has 1 aliphatic carbocycles. The van der Waals surface area contributed by atoms with Crippen LogP contribution in [0.3, 0.4) is 0 Å². The molecule has 3 rings (SSSR count). The minimum atomic E-state index is -0.155. The van der Waals surface area contributed by atoms with Crippen LogP contribution in [0.25, 0.3) is 5.57 Å². The Kier molecular flexibility index (Phi) is 2.28. The second kappa shape index (κ2) is 3.69. The van der Waals surface area contributed by atoms with Gasteiger partial charge in [0.05, 0.1) is 0 Å². The van der Waals surface area contributed by atoms with Crippen LogP contribution in [0.15, 0.2) is 23.9 Å². The fraction of sp³-hybridized carbons (Fsp3) is 0.357. The van der Waals surface area contributed by atoms with Gasteiger partial charge in [-0.1, -0.05) is 12.1 Å². The van der Waals surface area contributed by atoms with E-state index >= 15 is 0 Å². The molecular formula is C14H14FNO. The highest BCUT2D eigenvalue weighted by molar-refractivity contribution is 5.87. The summed E-state index contributed by atoms with van der Waals surface area (Å²) in [5.41, 5.74) is 3.87. The van der Waals surface area contributed by atoms with E-state index in [-0.39, 0.29) is 11.7 Å². The molecule has 1 amide bonds. The number of carbonyl (C=O) groups excluding carboxylic acids is 1. The Morgan fingerprint density at radius 1 is 1.18 bits per heavy atom. The first-order chi connectivity index (χ1) is 8.18. The summed E-state index contributed by atoms with van der Waals surface area (Å²) in [6, 6.07) is 5.25. The third-order valence-electron chi connectivity index (χ3n) is 3.75. The normalized spacial score (nSPS) is 19.2. The van der Waals surface area contributed by atoms with Gasteiger partial charge in [0.15, 0.2) is 0 Å². The van der Waals surface area contributed by atoms with E-state index in [0.717, 1.165) is 35.2 Å². The maximum atomic E-state index is 13.9. The summed E-state index contributed by atoms with van der Waals surface area (Å²) in [4.78, 5) is 13.3. The van der Waals surface area contributed by atoms with Gasteiger partial charge in [-0.2, -0.15) is 0 Å². The molecule has 0 spiro atoms. The number of fused-ring (bicyclic) bond motifs is 2. The van der Waals surface area contributed by atoms with E-state index in [4.69, 9.17) is 0 Å². The van der Waals surface area contributed by atoms with Crippen molar-refractivity contribution < 1.29 is 9.18 Å². The molecule has 2 aliphatic rings. The SMILES string of the molecule is CN1C(=O)CCC2=C1CCc1cccc(F)c12. The monoisotopic (exact) mass is 231 g/mol. The molecular weight excluding hydrogens is 217 g/mol. The summed E-state index contributed by atoms with van der Waals surface area (Å²) < 4.78 is 13.9. The molecule has 1 heterocycles. The summed E-state index contributed by atoms with van der Waals surface area (Å²) in [5.74, 6) is -0.0130. The van der Waals surface area contributed by atoms with Gasteiger partial charge in [-0.15, -0.1) is 0 Å². The average Bonchev–Trinajstić information content (AvgIpc) is 2.33. The highest BCUT2D eigenvalue weighted by atomic mass is 19.1. The number of allylic oxidation sites excluding steroid dienone is 2. The molecule has 2 nitrogen and oxygen atoms in total. The van der Waals surface area contributed by atoms with E-state index in [1.807, 2.05) is 6.07 Å². The van der Waals surface area contributed by atoms with Gasteiger partial charge in [-0.25, -0.2) is 4.39 Å². The summed E-state index contributed by atoms with van der Waals surface area (Å²) >= 11 is 0. The van der Waals surface area contributed by atoms with Crippen LogP contribution in [-0.4, -0.2) is 17.9 Å². The van der Waals surface area contributed by atoms with Gasteiger partial charge in [0.2, 0.25) is 5.91 Å². The van der Waals surface area contributed by atoms with E-state index in [0.29, 0.717) is 12.8 Å². The van der Waals surface area contributed by atoms with Crippen molar-refractivity contribution in [1.82, 2.24) is 4.90 Å². The number of hydrogen-bond donors (Lipinski definition) is 0. The molecule has 0 radical (unpaired) electrons. The quantitative estimate of drug-likeness (QED) is 0.672. The highest BCUT2D eigenvalue weighted by Crippen LogP contribution is 2.39. The number of halogens is 1. The molecule has 0 saturated heterocycles. The number of rotatable bonds is 0. The fourth-order valence-corrected chi connectivity index (χ4v) is 2.85. The lowest BCUT2D eigenvalue weighted by Gasteiger charge is -2.33. The van der Waals surface area contributed by atoms with E-state index in [1.165, 1.54) is 6.07 Å². The number of nitrogens with zero attached hydrogens (tertiary/aromatic N) is 1. The smallest absolute Gasteiger partial charge is 0.226 e. The average molecular weight is 231 g/mol. The van der Waals surface area contributed by atoms with Crippen molar-refractivity contribution in [3.05, 3.63) is 40.8 Å². The van der Waals surface area contributed by atoms with Crippen molar-refractivity contribution in [3.8, 4) is 0 Å². The van der Waals surface area contributed by atoms with Crippen LogP contribution >= 0.6 is 0 Å². The Bertz CT molecular complexity index is 533. The van der Waals surface area contributed by atoms with E-state index in [2.05, 4.69) is 0 Å². The number of hydrogen-bond acceptors (Lipinski definition) is 1. The van der Waals surface area contributed by atoms with Crippen LogP contribution in [0.2, 0.25) is 0 Å². The van der Waals surface area contributed by atoms with Crippen LogP contribution in [-0.2, 0) is 11.2 Å². The number of amides is 1. The van der Waals surface area contributed by atoms with Crippen LogP contribution in [0, 0.1) is 5.82 Å². The standard InChI is InChI=1S/C14H14FNO/c1-16-12-7-5-9-3-2-4-11(15)14(9)10(12)6-8-13(16)17/h2-4H,5-8H2,1H3. The summed E-state index contributed by atoms with van der Waals surface area (Å²) in [6.45, 7) is 0. The Balaban J connectivity index is 2.20. The van der Waals surface area contributed by atoms with Crippen molar-refractivity contribution in [2.45, 2.75) is 25.7 Å². The molecule has 17 heavy (non-hydrogen) atoms. The van der Waals surface area contributed by atoms with Crippen LogP contribution < -0.4 is 0 Å². The van der Waals surface area contributed by atoms with E-state index < -0.39 is 0 Å². The van der Waals surface area contributed by atoms with Gasteiger partial charge >= 0.3 is 0 Å². The van der Waals surface area contributed by atoms with Crippen molar-refractivity contribution in [1.29, 1.82) is 0 Å². The van der Waals surface area contributed by atoms with Crippen LogP contribution in [0.1, 0.15) is 30.4 Å². The number of carbonyl (C=O) groups is 1. The molecule has 0 saturated carbocycles. The van der Waals surface area contributed by atoms with Crippen molar-refractivity contribution in [3.63, 3.8) is 0 Å². The second-order valence-corrected chi connectivity index (χ2v) is 4.65. The van der Waals surface area contributed by atoms with Gasteiger partial charge in [-0.3, -0.25) is 4.79 Å². The lowest BCUT2D eigenvalue weighted by molar-refractivity contribution is -0.128. The topological polar surface area (TPSA) is 20.3 Å². The molecule has 88 valence electrons. The number of aryl methyl sites for hydroxylation is 1. The first-order valence-electron chi connectivity index (χ1n) is 5.95. The van der Waals surface area contributed by atoms with Gasteiger partial charge in [0, 0.05) is 24.7 Å². The van der Waals surface area contributed by atoms with E-state index in [1.54, 1.807) is 18.0 Å². The Labute approximate surface area is 99.7 Å². The third kappa shape index (κ3) is 1.49. The summed E-state index contributed by atoms with van der Waals surface area (Å²) in [5, 5.41) is 0. The lowest BCUT2D eigenvalue weighted by atomic mass is 9.83. The Hall–Kier alpha value is -1.64. The third-order valence-corrected chi connectivity index (χ3v) is 3.75. The molecule has 0 N–H and O–H groups in total. The first kappa shape index (κ1) is 10.5. The molecule has 3 heteroatoms. The highest BCUT2D eigenvalue weighted by Gasteiger charge is 2.29. The minimum Gasteiger partial charge on any atom is -0.319 e. The van der Waals surface area contributed by atoms with Gasteiger partial charge in [0.25, 0.3) is 0 Å². The van der Waals surface area contributed by atoms with Gasteiger partial charge in [-0.05, 0) is 36.5 Å². The van der Waals surface area contributed by atoms with Crippen molar-refractivity contribution >= 4 is 11.5 Å². The predicted octanol–water partition coefficient (Wildman–Crippen LogP) is 2.74. The zero-order valence-electron chi connectivity index (χ0n) is 9.79. The Morgan fingerprint density at radius 2 is 2.00 bits per heavy atom. The van der Waals surface area contributed by atoms with Crippen molar-refractivity contribution in [2.24, 2.45) is 0 Å². The number of benzene rings is 1. The minimum absolute atomic E-state index is 0.142. The molecule has 0 bridgehead atoms. The zero-order chi connectivity index (χ0) is 12.0. The molecule has 0 atom stereocenters. The molecule has 0 aromatic heterocycles.